The van der Waals surface area contributed by atoms with Gasteiger partial charge in [-0.15, -0.1) is 0 Å². The number of para-hydroxylation sites is 2. The molecule has 2 aromatic heterocycles. The van der Waals surface area contributed by atoms with Gasteiger partial charge in [0.2, 0.25) is 11.7 Å². The molecule has 0 bridgehead atoms. The monoisotopic (exact) mass is 466 g/mol. The van der Waals surface area contributed by atoms with E-state index in [-0.39, 0.29) is 18.7 Å². The first-order chi connectivity index (χ1) is 16.1. The van der Waals surface area contributed by atoms with E-state index in [2.05, 4.69) is 15.5 Å². The van der Waals surface area contributed by atoms with Crippen molar-refractivity contribution in [2.24, 2.45) is 0 Å². The summed E-state index contributed by atoms with van der Waals surface area (Å²) >= 11 is 1.53. The number of thiophene rings is 1. The molecule has 1 fully saturated rings. The molecule has 170 valence electrons. The minimum Gasteiger partial charge on any atom is -0.456 e. The molecule has 33 heavy (non-hydrogen) atoms. The van der Waals surface area contributed by atoms with Gasteiger partial charge in [-0.2, -0.15) is 16.3 Å². The van der Waals surface area contributed by atoms with Crippen LogP contribution < -0.4 is 10.2 Å². The molecule has 0 atom stereocenters. The Morgan fingerprint density at radius 1 is 1.21 bits per heavy atom. The molecule has 1 aromatic carbocycles. The predicted molar refractivity (Wildman–Crippen MR) is 121 cm³/mol. The molecule has 3 heterocycles. The topological polar surface area (TPSA) is 115 Å². The Bertz CT molecular complexity index is 1180. The maximum Gasteiger partial charge on any atom is 0.306 e. The highest BCUT2D eigenvalue weighted by atomic mass is 32.1. The van der Waals surface area contributed by atoms with E-state index in [4.69, 9.17) is 9.26 Å². The summed E-state index contributed by atoms with van der Waals surface area (Å²) in [5, 5.41) is 10.7. The molecule has 0 radical (unpaired) electrons. The van der Waals surface area contributed by atoms with Crippen molar-refractivity contribution in [1.29, 1.82) is 0 Å². The molecule has 1 aliphatic carbocycles. The fourth-order valence-electron chi connectivity index (χ4n) is 4.48. The Labute approximate surface area is 193 Å². The molecular weight excluding hydrogens is 444 g/mol. The Morgan fingerprint density at radius 3 is 2.82 bits per heavy atom. The number of hydrogen-bond donors (Lipinski definition) is 1. The fourth-order valence-corrected chi connectivity index (χ4v) is 5.12. The molecule has 9 nitrogen and oxygen atoms in total. The SMILES string of the molecule is O=C(CCc1nc(-c2ccsc2)no1)OCC(=O)N1c2ccccc2NC(=O)C12CCCC2. The summed E-state index contributed by atoms with van der Waals surface area (Å²) in [5.74, 6) is -0.347. The molecule has 5 rings (SSSR count). The third-order valence-electron chi connectivity index (χ3n) is 6.07. The van der Waals surface area contributed by atoms with Gasteiger partial charge in [0.25, 0.3) is 11.8 Å². The van der Waals surface area contributed by atoms with E-state index in [9.17, 15) is 14.4 Å². The number of benzene rings is 1. The van der Waals surface area contributed by atoms with Gasteiger partial charge < -0.3 is 14.6 Å². The number of aryl methyl sites for hydroxylation is 1. The molecular formula is C23H22N4O5S. The Morgan fingerprint density at radius 2 is 2.03 bits per heavy atom. The normalized spacial score (nSPS) is 16.5. The first-order valence-corrected chi connectivity index (χ1v) is 11.8. The molecule has 3 aromatic rings. The summed E-state index contributed by atoms with van der Waals surface area (Å²) in [6.45, 7) is -0.438. The second kappa shape index (κ2) is 8.78. The number of anilines is 2. The van der Waals surface area contributed by atoms with Gasteiger partial charge in [-0.05, 0) is 36.4 Å². The number of rotatable bonds is 6. The molecule has 1 aliphatic heterocycles. The lowest BCUT2D eigenvalue weighted by Crippen LogP contribution is -2.61. The zero-order valence-electron chi connectivity index (χ0n) is 17.8. The standard InChI is InChI=1S/C23H22N4O5S/c28-19(13-31-20(29)8-7-18-25-21(26-32-18)15-9-12-33-14-15)27-17-6-2-1-5-16(17)24-22(30)23(27)10-3-4-11-23/h1-2,5-6,9,12,14H,3-4,7-8,10-11,13H2,(H,24,30). The number of nitrogens with zero attached hydrogens (tertiary/aromatic N) is 3. The summed E-state index contributed by atoms with van der Waals surface area (Å²) in [4.78, 5) is 44.3. The third kappa shape index (κ3) is 4.02. The Hall–Kier alpha value is -3.53. The van der Waals surface area contributed by atoms with Crippen LogP contribution >= 0.6 is 11.3 Å². The number of amides is 2. The summed E-state index contributed by atoms with van der Waals surface area (Å²) in [7, 11) is 0. The van der Waals surface area contributed by atoms with Gasteiger partial charge in [0.05, 0.1) is 17.8 Å². The third-order valence-corrected chi connectivity index (χ3v) is 6.75. The van der Waals surface area contributed by atoms with Gasteiger partial charge in [-0.3, -0.25) is 19.3 Å². The van der Waals surface area contributed by atoms with Crippen molar-refractivity contribution >= 4 is 40.5 Å². The van der Waals surface area contributed by atoms with Crippen molar-refractivity contribution in [3.63, 3.8) is 0 Å². The first-order valence-electron chi connectivity index (χ1n) is 10.8. The molecule has 2 amide bonds. The second-order valence-corrected chi connectivity index (χ2v) is 8.90. The summed E-state index contributed by atoms with van der Waals surface area (Å²) < 4.78 is 10.5. The lowest BCUT2D eigenvalue weighted by molar-refractivity contribution is -0.148. The number of aromatic nitrogens is 2. The minimum atomic E-state index is -0.931. The van der Waals surface area contributed by atoms with Gasteiger partial charge in [0.15, 0.2) is 6.61 Å². The molecule has 2 aliphatic rings. The average Bonchev–Trinajstić information content (AvgIpc) is 3.59. The van der Waals surface area contributed by atoms with E-state index in [1.807, 2.05) is 22.9 Å². The highest BCUT2D eigenvalue weighted by molar-refractivity contribution is 7.08. The van der Waals surface area contributed by atoms with Crippen LogP contribution in [0.4, 0.5) is 11.4 Å². The maximum atomic E-state index is 13.2. The second-order valence-electron chi connectivity index (χ2n) is 8.12. The molecule has 1 saturated carbocycles. The van der Waals surface area contributed by atoms with E-state index in [0.717, 1.165) is 18.4 Å². The van der Waals surface area contributed by atoms with Crippen LogP contribution in [-0.4, -0.2) is 40.1 Å². The van der Waals surface area contributed by atoms with Crippen LogP contribution in [0.3, 0.4) is 0 Å². The largest absolute Gasteiger partial charge is 0.456 e. The molecule has 1 spiro atoms. The number of ether oxygens (including phenoxy) is 1. The zero-order chi connectivity index (χ0) is 22.8. The maximum absolute atomic E-state index is 13.2. The molecule has 0 unspecified atom stereocenters. The molecule has 1 N–H and O–H groups in total. The van der Waals surface area contributed by atoms with E-state index in [1.165, 1.54) is 16.2 Å². The van der Waals surface area contributed by atoms with Crippen molar-refractivity contribution in [2.45, 2.75) is 44.1 Å². The smallest absolute Gasteiger partial charge is 0.306 e. The van der Waals surface area contributed by atoms with Crippen molar-refractivity contribution < 1.29 is 23.6 Å². The van der Waals surface area contributed by atoms with Crippen LogP contribution in [0.25, 0.3) is 11.4 Å². The fraction of sp³-hybridized carbons (Fsp3) is 0.348. The van der Waals surface area contributed by atoms with E-state index in [1.54, 1.807) is 18.2 Å². The van der Waals surface area contributed by atoms with Crippen LogP contribution in [0.2, 0.25) is 0 Å². The van der Waals surface area contributed by atoms with Crippen molar-refractivity contribution in [1.82, 2.24) is 10.1 Å². The Balaban J connectivity index is 1.23. The lowest BCUT2D eigenvalue weighted by Gasteiger charge is -2.44. The summed E-state index contributed by atoms with van der Waals surface area (Å²) in [6.07, 6.45) is 3.09. The van der Waals surface area contributed by atoms with E-state index < -0.39 is 24.0 Å². The lowest BCUT2D eigenvalue weighted by atomic mass is 9.90. The number of hydrogen-bond acceptors (Lipinski definition) is 8. The summed E-state index contributed by atoms with van der Waals surface area (Å²) in [6, 6.07) is 9.07. The minimum absolute atomic E-state index is 0.000760. The Kier molecular flexibility index (Phi) is 5.67. The van der Waals surface area contributed by atoms with Gasteiger partial charge in [-0.25, -0.2) is 0 Å². The summed E-state index contributed by atoms with van der Waals surface area (Å²) in [5.41, 5.74) is 1.14. The van der Waals surface area contributed by atoms with E-state index in [0.29, 0.717) is 35.9 Å². The van der Waals surface area contributed by atoms with Gasteiger partial charge >= 0.3 is 5.97 Å². The van der Waals surface area contributed by atoms with Gasteiger partial charge in [0, 0.05) is 17.4 Å². The van der Waals surface area contributed by atoms with Crippen molar-refractivity contribution in [3.8, 4) is 11.4 Å². The number of carbonyl (C=O) groups is 3. The van der Waals surface area contributed by atoms with Crippen molar-refractivity contribution in [3.05, 3.63) is 47.0 Å². The highest BCUT2D eigenvalue weighted by Gasteiger charge is 2.52. The van der Waals surface area contributed by atoms with Crippen LogP contribution in [0.1, 0.15) is 38.0 Å². The van der Waals surface area contributed by atoms with Crippen LogP contribution in [0.15, 0.2) is 45.6 Å². The van der Waals surface area contributed by atoms with Crippen LogP contribution in [0.5, 0.6) is 0 Å². The van der Waals surface area contributed by atoms with Gasteiger partial charge in [0.1, 0.15) is 5.54 Å². The molecule has 10 heteroatoms. The van der Waals surface area contributed by atoms with Crippen LogP contribution in [-0.2, 0) is 25.5 Å². The number of fused-ring (bicyclic) bond motifs is 1. The first kappa shape index (κ1) is 21.3. The van der Waals surface area contributed by atoms with Gasteiger partial charge in [-0.1, -0.05) is 30.1 Å². The highest BCUT2D eigenvalue weighted by Crippen LogP contribution is 2.45. The van der Waals surface area contributed by atoms with E-state index >= 15 is 0 Å². The average molecular weight is 467 g/mol. The van der Waals surface area contributed by atoms with Crippen molar-refractivity contribution in [2.75, 3.05) is 16.8 Å². The predicted octanol–water partition coefficient (Wildman–Crippen LogP) is 3.57. The number of esters is 1. The number of nitrogens with one attached hydrogen (secondary N) is 1. The van der Waals surface area contributed by atoms with Crippen LogP contribution in [0, 0.1) is 0 Å². The number of carbonyl (C=O) groups excluding carboxylic acids is 3. The zero-order valence-corrected chi connectivity index (χ0v) is 18.6. The quantitative estimate of drug-likeness (QED) is 0.552. The molecule has 0 saturated heterocycles.